The second kappa shape index (κ2) is 9.59. The van der Waals surface area contributed by atoms with Gasteiger partial charge in [0.2, 0.25) is 0 Å². The summed E-state index contributed by atoms with van der Waals surface area (Å²) in [6, 6.07) is 2.59. The van der Waals surface area contributed by atoms with Crippen LogP contribution in [0.1, 0.15) is 18.9 Å². The zero-order chi connectivity index (χ0) is 12.3. The summed E-state index contributed by atoms with van der Waals surface area (Å²) in [4.78, 5) is 0. The molecule has 1 N–H and O–H groups in total. The molecule has 0 aliphatic carbocycles. The monoisotopic (exact) mass is 257 g/mol. The summed E-state index contributed by atoms with van der Waals surface area (Å²) in [6.07, 6.45) is 2.19. The summed E-state index contributed by atoms with van der Waals surface area (Å²) >= 11 is 1.75. The van der Waals surface area contributed by atoms with E-state index in [-0.39, 0.29) is 0 Å². The Morgan fingerprint density at radius 1 is 1.41 bits per heavy atom. The van der Waals surface area contributed by atoms with Gasteiger partial charge in [-0.1, -0.05) is 6.92 Å². The Labute approximate surface area is 108 Å². The summed E-state index contributed by atoms with van der Waals surface area (Å²) in [7, 11) is 1.70. The smallest absolute Gasteiger partial charge is 0.0701 e. The molecule has 1 atom stereocenters. The predicted octanol–water partition coefficient (Wildman–Crippen LogP) is 2.32. The number of thiophene rings is 1. The molecule has 0 bridgehead atoms. The van der Waals surface area contributed by atoms with Gasteiger partial charge >= 0.3 is 0 Å². The molecule has 1 heterocycles. The van der Waals surface area contributed by atoms with Crippen molar-refractivity contribution in [2.45, 2.75) is 25.8 Å². The van der Waals surface area contributed by atoms with E-state index in [0.29, 0.717) is 19.3 Å². The van der Waals surface area contributed by atoms with E-state index in [1.807, 2.05) is 0 Å². The molecule has 0 aliphatic heterocycles. The molecule has 0 fully saturated rings. The Morgan fingerprint density at radius 2 is 2.29 bits per heavy atom. The molecule has 0 spiro atoms. The Kier molecular flexibility index (Phi) is 8.26. The third-order valence-electron chi connectivity index (χ3n) is 2.50. The minimum Gasteiger partial charge on any atom is -0.382 e. The number of methoxy groups -OCH3 is 1. The normalized spacial score (nSPS) is 12.8. The summed E-state index contributed by atoms with van der Waals surface area (Å²) in [5, 5.41) is 7.85. The van der Waals surface area contributed by atoms with Gasteiger partial charge in [0.1, 0.15) is 0 Å². The van der Waals surface area contributed by atoms with Gasteiger partial charge in [0, 0.05) is 13.2 Å². The molecular formula is C13H23NO2S. The van der Waals surface area contributed by atoms with Crippen LogP contribution in [-0.2, 0) is 15.9 Å². The second-order valence-electron chi connectivity index (χ2n) is 4.05. The van der Waals surface area contributed by atoms with Crippen molar-refractivity contribution < 1.29 is 9.47 Å². The van der Waals surface area contributed by atoms with E-state index in [1.165, 1.54) is 5.56 Å². The molecule has 1 rings (SSSR count). The summed E-state index contributed by atoms with van der Waals surface area (Å²) < 4.78 is 10.6. The molecule has 3 nitrogen and oxygen atoms in total. The van der Waals surface area contributed by atoms with Crippen LogP contribution in [0.3, 0.4) is 0 Å². The molecule has 0 radical (unpaired) electrons. The van der Waals surface area contributed by atoms with Crippen molar-refractivity contribution in [3.63, 3.8) is 0 Å². The van der Waals surface area contributed by atoms with Crippen molar-refractivity contribution in [1.29, 1.82) is 0 Å². The minimum atomic E-state index is 0.404. The fourth-order valence-corrected chi connectivity index (χ4v) is 2.28. The van der Waals surface area contributed by atoms with Crippen LogP contribution in [0.25, 0.3) is 0 Å². The van der Waals surface area contributed by atoms with E-state index in [2.05, 4.69) is 29.1 Å². The van der Waals surface area contributed by atoms with Crippen molar-refractivity contribution in [2.75, 3.05) is 33.5 Å². The molecule has 98 valence electrons. The van der Waals surface area contributed by atoms with Gasteiger partial charge in [0.25, 0.3) is 0 Å². The largest absolute Gasteiger partial charge is 0.382 e. The Bertz CT molecular complexity index is 264. The van der Waals surface area contributed by atoms with Crippen molar-refractivity contribution in [1.82, 2.24) is 5.32 Å². The van der Waals surface area contributed by atoms with Gasteiger partial charge in [-0.25, -0.2) is 0 Å². The lowest BCUT2D eigenvalue weighted by atomic mass is 10.1. The van der Waals surface area contributed by atoms with E-state index in [9.17, 15) is 0 Å². The quantitative estimate of drug-likeness (QED) is 0.653. The van der Waals surface area contributed by atoms with Crippen LogP contribution in [0.15, 0.2) is 16.8 Å². The highest BCUT2D eigenvalue weighted by Gasteiger charge is 2.09. The van der Waals surface area contributed by atoms with Crippen molar-refractivity contribution in [3.8, 4) is 0 Å². The zero-order valence-corrected chi connectivity index (χ0v) is 11.6. The molecule has 0 saturated carbocycles. The summed E-state index contributed by atoms with van der Waals surface area (Å²) in [6.45, 7) is 5.31. The summed E-state index contributed by atoms with van der Waals surface area (Å²) in [5.41, 5.74) is 1.39. The number of rotatable bonds is 10. The first kappa shape index (κ1) is 14.6. The van der Waals surface area contributed by atoms with E-state index >= 15 is 0 Å². The number of nitrogens with one attached hydrogen (secondary N) is 1. The van der Waals surface area contributed by atoms with Crippen LogP contribution in [-0.4, -0.2) is 39.5 Å². The van der Waals surface area contributed by atoms with Gasteiger partial charge in [-0.05, 0) is 41.8 Å². The number of ether oxygens (including phenoxy) is 2. The molecular weight excluding hydrogens is 234 g/mol. The van der Waals surface area contributed by atoms with Crippen LogP contribution >= 0.6 is 11.3 Å². The molecule has 1 aromatic rings. The highest BCUT2D eigenvalue weighted by atomic mass is 32.1. The van der Waals surface area contributed by atoms with Gasteiger partial charge in [0.15, 0.2) is 0 Å². The van der Waals surface area contributed by atoms with E-state index in [0.717, 1.165) is 26.0 Å². The van der Waals surface area contributed by atoms with Crippen LogP contribution in [0.2, 0.25) is 0 Å². The SMILES string of the molecule is CCCNC(COCCOC)Cc1ccsc1. The van der Waals surface area contributed by atoms with Crippen molar-refractivity contribution in [2.24, 2.45) is 0 Å². The van der Waals surface area contributed by atoms with E-state index < -0.39 is 0 Å². The van der Waals surface area contributed by atoms with E-state index in [1.54, 1.807) is 18.4 Å². The Balaban J connectivity index is 2.26. The molecule has 1 unspecified atom stereocenters. The molecule has 1 aromatic heterocycles. The third kappa shape index (κ3) is 6.78. The fourth-order valence-electron chi connectivity index (χ4n) is 1.60. The lowest BCUT2D eigenvalue weighted by Crippen LogP contribution is -2.36. The van der Waals surface area contributed by atoms with E-state index in [4.69, 9.17) is 9.47 Å². The van der Waals surface area contributed by atoms with Crippen molar-refractivity contribution >= 4 is 11.3 Å². The maximum atomic E-state index is 5.60. The second-order valence-corrected chi connectivity index (χ2v) is 4.83. The lowest BCUT2D eigenvalue weighted by molar-refractivity contribution is 0.0587. The van der Waals surface area contributed by atoms with Gasteiger partial charge in [-0.15, -0.1) is 0 Å². The highest BCUT2D eigenvalue weighted by Crippen LogP contribution is 2.09. The minimum absolute atomic E-state index is 0.404. The zero-order valence-electron chi connectivity index (χ0n) is 10.8. The third-order valence-corrected chi connectivity index (χ3v) is 3.23. The van der Waals surface area contributed by atoms with Gasteiger partial charge in [-0.2, -0.15) is 11.3 Å². The van der Waals surface area contributed by atoms with Gasteiger partial charge < -0.3 is 14.8 Å². The van der Waals surface area contributed by atoms with Gasteiger partial charge in [0.05, 0.1) is 19.8 Å². The van der Waals surface area contributed by atoms with Gasteiger partial charge in [-0.3, -0.25) is 0 Å². The first-order valence-corrected chi connectivity index (χ1v) is 7.12. The lowest BCUT2D eigenvalue weighted by Gasteiger charge is -2.18. The maximum Gasteiger partial charge on any atom is 0.0701 e. The molecule has 17 heavy (non-hydrogen) atoms. The van der Waals surface area contributed by atoms with Crippen molar-refractivity contribution in [3.05, 3.63) is 22.4 Å². The average molecular weight is 257 g/mol. The molecule has 0 aliphatic rings. The van der Waals surface area contributed by atoms with Crippen LogP contribution < -0.4 is 5.32 Å². The summed E-state index contributed by atoms with van der Waals surface area (Å²) in [5.74, 6) is 0. The topological polar surface area (TPSA) is 30.5 Å². The average Bonchev–Trinajstić information content (AvgIpc) is 2.84. The molecule has 4 heteroatoms. The van der Waals surface area contributed by atoms with Crippen LogP contribution in [0.5, 0.6) is 0 Å². The standard InChI is InChI=1S/C13H23NO2S/c1-3-5-14-13(10-16-7-6-15-2)9-12-4-8-17-11-12/h4,8,11,13-14H,3,5-7,9-10H2,1-2H3. The fraction of sp³-hybridized carbons (Fsp3) is 0.692. The molecule has 0 saturated heterocycles. The Hall–Kier alpha value is -0.420. The first-order chi connectivity index (χ1) is 8.36. The molecule has 0 aromatic carbocycles. The predicted molar refractivity (Wildman–Crippen MR) is 72.8 cm³/mol. The number of hydrogen-bond donors (Lipinski definition) is 1. The van der Waals surface area contributed by atoms with Crippen LogP contribution in [0.4, 0.5) is 0 Å². The number of hydrogen-bond acceptors (Lipinski definition) is 4. The highest BCUT2D eigenvalue weighted by molar-refractivity contribution is 7.07. The first-order valence-electron chi connectivity index (χ1n) is 6.18. The maximum absolute atomic E-state index is 5.60. The van der Waals surface area contributed by atoms with Crippen LogP contribution in [0, 0.1) is 0 Å². The Morgan fingerprint density at radius 3 is 2.94 bits per heavy atom. The molecule has 0 amide bonds.